The molecule has 0 spiro atoms. The van der Waals surface area contributed by atoms with Gasteiger partial charge in [0.25, 0.3) is 0 Å². The normalized spacial score (nSPS) is 26.2. The van der Waals surface area contributed by atoms with Crippen LogP contribution in [0, 0.1) is 0 Å². The van der Waals surface area contributed by atoms with E-state index in [4.69, 9.17) is 21.1 Å². The molecule has 15 heteroatoms. The number of halogens is 1. The summed E-state index contributed by atoms with van der Waals surface area (Å²) < 4.78 is 14.3. The lowest BCUT2D eigenvalue weighted by molar-refractivity contribution is -0.147. The van der Waals surface area contributed by atoms with E-state index < -0.39 is 48.2 Å². The second kappa shape index (κ2) is 18.2. The minimum absolute atomic E-state index is 0.0845. The molecule has 3 saturated heterocycles. The number of ether oxygens (including phenoxy) is 2. The maximum atomic E-state index is 14.1. The fourth-order valence-corrected chi connectivity index (χ4v) is 7.57. The zero-order valence-corrected chi connectivity index (χ0v) is 31.6. The van der Waals surface area contributed by atoms with Gasteiger partial charge in [-0.25, -0.2) is 4.98 Å². The van der Waals surface area contributed by atoms with Gasteiger partial charge >= 0.3 is 0 Å². The number of aryl methyl sites for hydroxylation is 1. The molecule has 0 radical (unpaired) electrons. The zero-order chi connectivity index (χ0) is 38.2. The van der Waals surface area contributed by atoms with Gasteiger partial charge in [0.1, 0.15) is 30.0 Å². The first kappa shape index (κ1) is 39.2. The molecule has 290 valence electrons. The van der Waals surface area contributed by atoms with Crippen LogP contribution in [-0.2, 0) is 43.4 Å². The predicted octanol–water partition coefficient (Wildman–Crippen LogP) is 2.02. The molecule has 0 aliphatic carbocycles. The number of fused-ring (bicyclic) bond motifs is 3. The third kappa shape index (κ3) is 9.78. The molecule has 3 aliphatic heterocycles. The smallest absolute Gasteiger partial charge is 0.245 e. The average Bonchev–Trinajstić information content (AvgIpc) is 3.88. The summed E-state index contributed by atoms with van der Waals surface area (Å²) in [6, 6.07) is 11.4. The first-order valence-corrected chi connectivity index (χ1v) is 19.0. The lowest BCUT2D eigenvalue weighted by Crippen LogP contribution is -2.60. The highest BCUT2D eigenvalue weighted by molar-refractivity contribution is 6.30. The van der Waals surface area contributed by atoms with Crippen molar-refractivity contribution in [1.29, 1.82) is 0 Å². The van der Waals surface area contributed by atoms with Gasteiger partial charge in [-0.05, 0) is 56.4 Å². The van der Waals surface area contributed by atoms with Gasteiger partial charge in [0, 0.05) is 69.2 Å². The van der Waals surface area contributed by atoms with Crippen LogP contribution in [0.5, 0.6) is 5.75 Å². The summed E-state index contributed by atoms with van der Waals surface area (Å²) >= 11 is 6.49. The molecular formula is C39H50ClN7O7. The Labute approximate surface area is 320 Å². The molecule has 4 amide bonds. The number of likely N-dealkylation sites (N-methyl/N-ethyl adjacent to an activating group) is 1. The third-order valence-electron chi connectivity index (χ3n) is 10.6. The van der Waals surface area contributed by atoms with E-state index in [1.807, 2.05) is 46.0 Å². The minimum Gasteiger partial charge on any atom is -0.493 e. The Morgan fingerprint density at radius 1 is 1.06 bits per heavy atom. The Hall–Kier alpha value is -4.50. The fourth-order valence-electron chi connectivity index (χ4n) is 7.37. The van der Waals surface area contributed by atoms with Crippen molar-refractivity contribution in [3.8, 4) is 5.75 Å². The van der Waals surface area contributed by atoms with Crippen LogP contribution >= 0.6 is 11.6 Å². The lowest BCUT2D eigenvalue weighted by Gasteiger charge is -2.38. The van der Waals surface area contributed by atoms with Crippen molar-refractivity contribution >= 4 is 35.2 Å². The highest BCUT2D eigenvalue weighted by Crippen LogP contribution is 2.27. The molecule has 6 rings (SSSR count). The number of aliphatic hydroxyl groups is 1. The van der Waals surface area contributed by atoms with Crippen LogP contribution in [0.2, 0.25) is 5.02 Å². The molecule has 3 aliphatic rings. The molecule has 3 fully saturated rings. The Morgan fingerprint density at radius 2 is 1.87 bits per heavy atom. The van der Waals surface area contributed by atoms with Crippen molar-refractivity contribution in [3.05, 3.63) is 83.4 Å². The van der Waals surface area contributed by atoms with Crippen molar-refractivity contribution in [1.82, 2.24) is 34.9 Å². The van der Waals surface area contributed by atoms with Crippen molar-refractivity contribution in [3.63, 3.8) is 0 Å². The molecular weight excluding hydrogens is 714 g/mol. The number of hydrogen-bond donors (Lipinski definition) is 3. The summed E-state index contributed by atoms with van der Waals surface area (Å²) in [4.78, 5) is 64.5. The van der Waals surface area contributed by atoms with Gasteiger partial charge in [-0.3, -0.25) is 24.1 Å². The van der Waals surface area contributed by atoms with E-state index in [-0.39, 0.29) is 44.5 Å². The molecule has 4 heterocycles. The predicted molar refractivity (Wildman–Crippen MR) is 200 cm³/mol. The summed E-state index contributed by atoms with van der Waals surface area (Å²) in [6.07, 6.45) is 5.88. The second-order valence-electron chi connectivity index (χ2n) is 14.3. The van der Waals surface area contributed by atoms with E-state index in [0.29, 0.717) is 43.2 Å². The van der Waals surface area contributed by atoms with Crippen LogP contribution in [0.1, 0.15) is 43.7 Å². The highest BCUT2D eigenvalue weighted by atomic mass is 35.5. The quantitative estimate of drug-likeness (QED) is 0.278. The molecule has 3 aromatic rings. The van der Waals surface area contributed by atoms with Gasteiger partial charge in [0.2, 0.25) is 23.6 Å². The van der Waals surface area contributed by atoms with Crippen molar-refractivity contribution in [2.24, 2.45) is 0 Å². The van der Waals surface area contributed by atoms with Crippen LogP contribution in [-0.4, -0.2) is 129 Å². The number of benzene rings is 2. The maximum absolute atomic E-state index is 14.1. The SMILES string of the molecule is C[C@H]1C(=O)N[C@@H](Cc2ccccc2)C(=O)N[C@H]2CCO[C@H](CN(Cc3cc(Cl)ccc3OCCCn3ccnc3)CC(=O)N3CCC[C@H]3C(=O)N1C)[C@H]2O. The van der Waals surface area contributed by atoms with E-state index in [9.17, 15) is 24.3 Å². The number of amides is 4. The van der Waals surface area contributed by atoms with E-state index in [2.05, 4.69) is 15.6 Å². The summed E-state index contributed by atoms with van der Waals surface area (Å²) in [5, 5.41) is 18.0. The maximum Gasteiger partial charge on any atom is 0.245 e. The van der Waals surface area contributed by atoms with Gasteiger partial charge in [-0.15, -0.1) is 0 Å². The van der Waals surface area contributed by atoms with E-state index in [1.165, 1.54) is 4.90 Å². The largest absolute Gasteiger partial charge is 0.493 e. The number of aliphatic hydroxyl groups excluding tert-OH is 1. The number of nitrogens with zero attached hydrogens (tertiary/aromatic N) is 5. The summed E-state index contributed by atoms with van der Waals surface area (Å²) in [7, 11) is 1.55. The topological polar surface area (TPSA) is 159 Å². The highest BCUT2D eigenvalue weighted by Gasteiger charge is 2.41. The standard InChI is InChI=1S/C39H50ClN7O7/c1-26-37(50)43-31(20-27-8-4-3-5-9-27)38(51)42-30-13-19-54-34(36(30)49)23-46(24-35(48)47-16-6-10-32(47)39(52)44(26)2)22-28-21-29(40)11-12-33(28)53-18-7-15-45-17-14-41-25-45/h3-5,8-9,11-12,14,17,21,25-26,30-32,34,36,49H,6-7,10,13,15-16,18-20,22-24H2,1-2H3,(H,42,51)(H,43,50)/t26-,30-,31-,32-,34+,36-/m0/s1. The Balaban J connectivity index is 1.27. The summed E-state index contributed by atoms with van der Waals surface area (Å²) in [5.74, 6) is -0.949. The summed E-state index contributed by atoms with van der Waals surface area (Å²) in [5.41, 5.74) is 1.58. The van der Waals surface area contributed by atoms with Crippen molar-refractivity contribution < 1.29 is 33.8 Å². The average molecular weight is 764 g/mol. The second-order valence-corrected chi connectivity index (χ2v) is 14.8. The fraction of sp³-hybridized carbons (Fsp3) is 0.513. The van der Waals surface area contributed by atoms with E-state index in [0.717, 1.165) is 24.1 Å². The van der Waals surface area contributed by atoms with Crippen LogP contribution in [0.25, 0.3) is 0 Å². The molecule has 6 atom stereocenters. The first-order chi connectivity index (χ1) is 26.1. The number of imidazole rings is 1. The van der Waals surface area contributed by atoms with Crippen LogP contribution in [0.4, 0.5) is 0 Å². The Bertz CT molecular complexity index is 1750. The molecule has 0 saturated carbocycles. The molecule has 3 N–H and O–H groups in total. The first-order valence-electron chi connectivity index (χ1n) is 18.7. The third-order valence-corrected chi connectivity index (χ3v) is 10.8. The number of nitrogens with one attached hydrogen (secondary N) is 2. The monoisotopic (exact) mass is 763 g/mol. The summed E-state index contributed by atoms with van der Waals surface area (Å²) in [6.45, 7) is 3.71. The van der Waals surface area contributed by atoms with Gasteiger partial charge in [-0.2, -0.15) is 0 Å². The zero-order valence-electron chi connectivity index (χ0n) is 30.8. The number of carbonyl (C=O) groups is 4. The van der Waals surface area contributed by atoms with Crippen molar-refractivity contribution in [2.45, 2.75) is 88.5 Å². The van der Waals surface area contributed by atoms with Gasteiger partial charge in [0.15, 0.2) is 0 Å². The number of aromatic nitrogens is 2. The molecule has 2 aromatic carbocycles. The number of hydrogen-bond acceptors (Lipinski definition) is 9. The Morgan fingerprint density at radius 3 is 2.65 bits per heavy atom. The molecule has 54 heavy (non-hydrogen) atoms. The molecule has 2 bridgehead atoms. The molecule has 14 nitrogen and oxygen atoms in total. The van der Waals surface area contributed by atoms with Crippen LogP contribution in [0.3, 0.4) is 0 Å². The van der Waals surface area contributed by atoms with E-state index in [1.54, 1.807) is 49.6 Å². The van der Waals surface area contributed by atoms with Crippen LogP contribution in [0.15, 0.2) is 67.3 Å². The Kier molecular flexibility index (Phi) is 13.2. The van der Waals surface area contributed by atoms with Gasteiger partial charge < -0.3 is 39.6 Å². The van der Waals surface area contributed by atoms with E-state index >= 15 is 0 Å². The minimum atomic E-state index is -1.12. The lowest BCUT2D eigenvalue weighted by atomic mass is 9.97. The number of rotatable bonds is 9. The molecule has 1 aromatic heterocycles. The molecule has 0 unspecified atom stereocenters. The van der Waals surface area contributed by atoms with Gasteiger partial charge in [0.05, 0.1) is 31.6 Å². The van der Waals surface area contributed by atoms with Crippen LogP contribution < -0.4 is 15.4 Å². The van der Waals surface area contributed by atoms with Gasteiger partial charge in [-0.1, -0.05) is 41.9 Å². The number of carbonyl (C=O) groups excluding carboxylic acids is 4. The van der Waals surface area contributed by atoms with Crippen molar-refractivity contribution in [2.75, 3.05) is 39.9 Å².